The number of rotatable bonds is 3. The van der Waals surface area contributed by atoms with Crippen LogP contribution in [0.2, 0.25) is 10.0 Å². The third kappa shape index (κ3) is 4.61. The molecule has 1 aromatic heterocycles. The summed E-state index contributed by atoms with van der Waals surface area (Å²) < 4.78 is 0. The number of nitrogens with one attached hydrogen (secondary N) is 1. The van der Waals surface area contributed by atoms with Gasteiger partial charge in [0.05, 0.1) is 0 Å². The number of amides is 1. The van der Waals surface area contributed by atoms with E-state index >= 15 is 0 Å². The molecule has 0 saturated carbocycles. The Morgan fingerprint density at radius 2 is 1.76 bits per heavy atom. The average molecular weight is 379 g/mol. The van der Waals surface area contributed by atoms with Gasteiger partial charge in [0.25, 0.3) is 5.91 Å². The Hall–Kier alpha value is -1.85. The van der Waals surface area contributed by atoms with Gasteiger partial charge in [-0.15, -0.1) is 0 Å². The summed E-state index contributed by atoms with van der Waals surface area (Å²) in [6.07, 6.45) is 2.06. The molecule has 0 spiro atoms. The lowest BCUT2D eigenvalue weighted by Crippen LogP contribution is -2.38. The zero-order valence-corrected chi connectivity index (χ0v) is 15.7. The Labute approximate surface area is 157 Å². The molecular formula is C18H20Cl2N4O. The Kier molecular flexibility index (Phi) is 5.45. The molecule has 2 heterocycles. The summed E-state index contributed by atoms with van der Waals surface area (Å²) in [7, 11) is 0. The number of piperidine rings is 1. The molecule has 0 atom stereocenters. The van der Waals surface area contributed by atoms with E-state index in [1.165, 1.54) is 0 Å². The predicted octanol–water partition coefficient (Wildman–Crippen LogP) is 4.71. The highest BCUT2D eigenvalue weighted by atomic mass is 35.5. The monoisotopic (exact) mass is 378 g/mol. The van der Waals surface area contributed by atoms with E-state index < -0.39 is 0 Å². The van der Waals surface area contributed by atoms with Crippen molar-refractivity contribution in [2.24, 2.45) is 5.92 Å². The number of aromatic nitrogens is 2. The molecule has 2 aromatic rings. The highest BCUT2D eigenvalue weighted by Crippen LogP contribution is 2.25. The van der Waals surface area contributed by atoms with Crippen molar-refractivity contribution in [2.75, 3.05) is 18.4 Å². The van der Waals surface area contributed by atoms with Gasteiger partial charge in [-0.3, -0.25) is 4.79 Å². The summed E-state index contributed by atoms with van der Waals surface area (Å²) in [5.74, 6) is 0.970. The van der Waals surface area contributed by atoms with Crippen LogP contribution < -0.4 is 5.32 Å². The van der Waals surface area contributed by atoms with E-state index in [-0.39, 0.29) is 5.91 Å². The molecule has 7 heteroatoms. The third-order valence-electron chi connectivity index (χ3n) is 4.26. The van der Waals surface area contributed by atoms with Crippen molar-refractivity contribution in [1.29, 1.82) is 0 Å². The lowest BCUT2D eigenvalue weighted by atomic mass is 9.99. The van der Waals surface area contributed by atoms with Gasteiger partial charge in [0, 0.05) is 34.5 Å². The van der Waals surface area contributed by atoms with Gasteiger partial charge in [0.15, 0.2) is 0 Å². The topological polar surface area (TPSA) is 58.1 Å². The summed E-state index contributed by atoms with van der Waals surface area (Å²) >= 11 is 12.0. The fraction of sp³-hybridized carbons (Fsp3) is 0.389. The van der Waals surface area contributed by atoms with Gasteiger partial charge in [0.2, 0.25) is 5.95 Å². The van der Waals surface area contributed by atoms with E-state index in [4.69, 9.17) is 23.2 Å². The molecular weight excluding hydrogens is 359 g/mol. The standard InChI is InChI=1S/C18H20Cl2N4O/c1-11-3-5-24(6-4-11)17(25)16-7-12(2)21-18(23-16)22-15-9-13(19)8-14(20)10-15/h7-11H,3-6H2,1-2H3,(H,21,22,23). The number of carbonyl (C=O) groups is 1. The highest BCUT2D eigenvalue weighted by Gasteiger charge is 2.23. The van der Waals surface area contributed by atoms with Crippen LogP contribution in [-0.4, -0.2) is 33.9 Å². The minimum Gasteiger partial charge on any atom is -0.337 e. The van der Waals surface area contributed by atoms with Gasteiger partial charge in [-0.25, -0.2) is 9.97 Å². The molecule has 1 saturated heterocycles. The smallest absolute Gasteiger partial charge is 0.272 e. The van der Waals surface area contributed by atoms with Crippen molar-refractivity contribution < 1.29 is 4.79 Å². The molecule has 1 fully saturated rings. The first-order chi connectivity index (χ1) is 11.9. The maximum absolute atomic E-state index is 12.7. The quantitative estimate of drug-likeness (QED) is 0.839. The van der Waals surface area contributed by atoms with Crippen molar-refractivity contribution in [1.82, 2.24) is 14.9 Å². The van der Waals surface area contributed by atoms with Gasteiger partial charge >= 0.3 is 0 Å². The van der Waals surface area contributed by atoms with Crippen LogP contribution >= 0.6 is 23.2 Å². The van der Waals surface area contributed by atoms with E-state index in [0.717, 1.165) is 31.6 Å². The molecule has 1 aliphatic heterocycles. The maximum Gasteiger partial charge on any atom is 0.272 e. The Bertz CT molecular complexity index is 768. The van der Waals surface area contributed by atoms with Gasteiger partial charge in [0.1, 0.15) is 5.69 Å². The van der Waals surface area contributed by atoms with E-state index in [2.05, 4.69) is 22.2 Å². The number of aryl methyl sites for hydroxylation is 1. The summed E-state index contributed by atoms with van der Waals surface area (Å²) in [5.41, 5.74) is 1.80. The van der Waals surface area contributed by atoms with Crippen molar-refractivity contribution in [2.45, 2.75) is 26.7 Å². The first-order valence-electron chi connectivity index (χ1n) is 8.29. The molecule has 132 valence electrons. The minimum absolute atomic E-state index is 0.0513. The first kappa shape index (κ1) is 18.0. The molecule has 0 bridgehead atoms. The summed E-state index contributed by atoms with van der Waals surface area (Å²) in [5, 5.41) is 4.10. The van der Waals surface area contributed by atoms with E-state index in [1.54, 1.807) is 24.3 Å². The van der Waals surface area contributed by atoms with Crippen LogP contribution in [0.1, 0.15) is 35.9 Å². The van der Waals surface area contributed by atoms with Crippen LogP contribution in [0.5, 0.6) is 0 Å². The second-order valence-electron chi connectivity index (χ2n) is 6.48. The van der Waals surface area contributed by atoms with Gasteiger partial charge in [-0.1, -0.05) is 30.1 Å². The number of hydrogen-bond donors (Lipinski definition) is 1. The molecule has 5 nitrogen and oxygen atoms in total. The van der Waals surface area contributed by atoms with Gasteiger partial charge in [-0.2, -0.15) is 0 Å². The second-order valence-corrected chi connectivity index (χ2v) is 7.35. The van der Waals surface area contributed by atoms with E-state index in [9.17, 15) is 4.79 Å². The maximum atomic E-state index is 12.7. The molecule has 3 rings (SSSR count). The van der Waals surface area contributed by atoms with Crippen LogP contribution in [0.15, 0.2) is 24.3 Å². The van der Waals surface area contributed by atoms with Crippen molar-refractivity contribution in [3.8, 4) is 0 Å². The zero-order valence-electron chi connectivity index (χ0n) is 14.2. The number of benzene rings is 1. The normalized spacial score (nSPS) is 15.3. The molecule has 25 heavy (non-hydrogen) atoms. The molecule has 1 aliphatic rings. The Balaban J connectivity index is 1.81. The summed E-state index contributed by atoms with van der Waals surface area (Å²) in [6.45, 7) is 5.60. The minimum atomic E-state index is -0.0513. The zero-order chi connectivity index (χ0) is 18.0. The largest absolute Gasteiger partial charge is 0.337 e. The highest BCUT2D eigenvalue weighted by molar-refractivity contribution is 6.35. The average Bonchev–Trinajstić information content (AvgIpc) is 2.53. The fourth-order valence-corrected chi connectivity index (χ4v) is 3.39. The molecule has 0 radical (unpaired) electrons. The van der Waals surface area contributed by atoms with Crippen molar-refractivity contribution >= 4 is 40.7 Å². The molecule has 1 aromatic carbocycles. The van der Waals surface area contributed by atoms with E-state index in [1.807, 2.05) is 11.8 Å². The first-order valence-corrected chi connectivity index (χ1v) is 9.04. The molecule has 1 amide bonds. The van der Waals surface area contributed by atoms with Gasteiger partial charge < -0.3 is 10.2 Å². The Morgan fingerprint density at radius 3 is 2.40 bits per heavy atom. The Morgan fingerprint density at radius 1 is 1.12 bits per heavy atom. The fourth-order valence-electron chi connectivity index (χ4n) is 2.86. The third-order valence-corrected chi connectivity index (χ3v) is 4.70. The number of anilines is 2. The van der Waals surface area contributed by atoms with Crippen LogP contribution in [0.25, 0.3) is 0 Å². The second kappa shape index (κ2) is 7.58. The summed E-state index contributed by atoms with van der Waals surface area (Å²) in [4.78, 5) is 23.3. The number of likely N-dealkylation sites (tertiary alicyclic amines) is 1. The predicted molar refractivity (Wildman–Crippen MR) is 101 cm³/mol. The molecule has 1 N–H and O–H groups in total. The van der Waals surface area contributed by atoms with E-state index in [0.29, 0.717) is 33.3 Å². The number of nitrogens with zero attached hydrogens (tertiary/aromatic N) is 3. The van der Waals surface area contributed by atoms with Crippen LogP contribution in [0.3, 0.4) is 0 Å². The number of hydrogen-bond acceptors (Lipinski definition) is 4. The SMILES string of the molecule is Cc1cc(C(=O)N2CCC(C)CC2)nc(Nc2cc(Cl)cc(Cl)c2)n1. The van der Waals surface area contributed by atoms with Gasteiger partial charge in [-0.05, 0) is 49.9 Å². The van der Waals surface area contributed by atoms with Crippen LogP contribution in [-0.2, 0) is 0 Å². The van der Waals surface area contributed by atoms with Crippen LogP contribution in [0, 0.1) is 12.8 Å². The number of carbonyl (C=O) groups excluding carboxylic acids is 1. The lowest BCUT2D eigenvalue weighted by Gasteiger charge is -2.30. The summed E-state index contributed by atoms with van der Waals surface area (Å²) in [6, 6.07) is 6.83. The van der Waals surface area contributed by atoms with Crippen molar-refractivity contribution in [3.63, 3.8) is 0 Å². The van der Waals surface area contributed by atoms with Crippen LogP contribution in [0.4, 0.5) is 11.6 Å². The number of halogens is 2. The molecule has 0 unspecified atom stereocenters. The molecule has 0 aliphatic carbocycles. The lowest BCUT2D eigenvalue weighted by molar-refractivity contribution is 0.0691. The van der Waals surface area contributed by atoms with Crippen molar-refractivity contribution in [3.05, 3.63) is 45.7 Å².